The van der Waals surface area contributed by atoms with E-state index >= 15 is 0 Å². The molecule has 126 valence electrons. The van der Waals surface area contributed by atoms with Crippen LogP contribution in [-0.2, 0) is 16.1 Å². The molecule has 3 aromatic rings. The predicted molar refractivity (Wildman–Crippen MR) is 95.0 cm³/mol. The van der Waals surface area contributed by atoms with Gasteiger partial charge in [-0.3, -0.25) is 0 Å². The second-order valence-corrected chi connectivity index (χ2v) is 6.49. The van der Waals surface area contributed by atoms with Gasteiger partial charge in [-0.05, 0) is 34.9 Å². The molecule has 0 fully saturated rings. The van der Waals surface area contributed by atoms with Crippen molar-refractivity contribution >= 4 is 23.3 Å². The third kappa shape index (κ3) is 2.94. The number of carbonyl (C=O) groups excluding carboxylic acids is 1. The van der Waals surface area contributed by atoms with Crippen molar-refractivity contribution in [1.29, 1.82) is 0 Å². The minimum absolute atomic E-state index is 0.233. The van der Waals surface area contributed by atoms with E-state index in [0.29, 0.717) is 11.5 Å². The molecule has 1 aliphatic heterocycles. The van der Waals surface area contributed by atoms with Gasteiger partial charge in [-0.25, -0.2) is 9.48 Å². The number of benzene rings is 1. The van der Waals surface area contributed by atoms with Crippen LogP contribution in [0.15, 0.2) is 64.8 Å². The molecule has 1 aromatic carbocycles. The number of nitrogens with one attached hydrogen (secondary N) is 1. The molecule has 0 saturated carbocycles. The van der Waals surface area contributed by atoms with Crippen molar-refractivity contribution in [3.05, 3.63) is 75.9 Å². The Balaban J connectivity index is 1.65. The van der Waals surface area contributed by atoms with E-state index in [1.54, 1.807) is 16.0 Å². The van der Waals surface area contributed by atoms with Gasteiger partial charge in [0.1, 0.15) is 19.0 Å². The number of hydrogen-bond donors (Lipinski definition) is 1. The van der Waals surface area contributed by atoms with Gasteiger partial charge in [0.05, 0.1) is 5.57 Å². The van der Waals surface area contributed by atoms with Gasteiger partial charge in [0, 0.05) is 5.70 Å². The summed E-state index contributed by atoms with van der Waals surface area (Å²) in [5, 5.41) is 11.4. The third-order valence-corrected chi connectivity index (χ3v) is 4.79. The third-order valence-electron chi connectivity index (χ3n) is 4.09. The lowest BCUT2D eigenvalue weighted by molar-refractivity contribution is -0.140. The van der Waals surface area contributed by atoms with Crippen molar-refractivity contribution in [2.24, 2.45) is 0 Å². The maximum atomic E-state index is 12.8. The Bertz CT molecular complexity index is 916. The maximum Gasteiger partial charge on any atom is 0.338 e. The first kappa shape index (κ1) is 15.6. The van der Waals surface area contributed by atoms with Gasteiger partial charge in [-0.15, -0.1) is 0 Å². The smallest absolute Gasteiger partial charge is 0.338 e. The Morgan fingerprint density at radius 3 is 2.92 bits per heavy atom. The van der Waals surface area contributed by atoms with E-state index in [0.717, 1.165) is 16.8 Å². The van der Waals surface area contributed by atoms with Crippen molar-refractivity contribution in [2.75, 3.05) is 5.32 Å². The SMILES string of the molecule is CC1=C(C(=O)OCc2ccccc2)C(c2ccsc2)n2ncnc2N1. The monoisotopic (exact) mass is 352 g/mol. The molecule has 0 aliphatic carbocycles. The number of carbonyl (C=O) groups is 1. The molecule has 1 atom stereocenters. The van der Waals surface area contributed by atoms with Gasteiger partial charge in [0.25, 0.3) is 0 Å². The molecule has 3 heterocycles. The molecule has 2 aromatic heterocycles. The highest BCUT2D eigenvalue weighted by molar-refractivity contribution is 7.08. The van der Waals surface area contributed by atoms with Crippen LogP contribution in [0.4, 0.5) is 5.95 Å². The normalized spacial score (nSPS) is 16.3. The van der Waals surface area contributed by atoms with Crippen LogP contribution in [0.3, 0.4) is 0 Å². The average Bonchev–Trinajstić information content (AvgIpc) is 3.31. The standard InChI is InChI=1S/C18H16N4O2S/c1-12-15(17(23)24-9-13-5-3-2-4-6-13)16(14-7-8-25-10-14)22-18(21-12)19-11-20-22/h2-8,10-11,16H,9H2,1H3,(H,19,20,21). The Morgan fingerprint density at radius 1 is 1.32 bits per heavy atom. The van der Waals surface area contributed by atoms with Gasteiger partial charge in [-0.2, -0.15) is 21.4 Å². The van der Waals surface area contributed by atoms with E-state index in [1.165, 1.54) is 6.33 Å². The van der Waals surface area contributed by atoms with Crippen molar-refractivity contribution in [3.63, 3.8) is 0 Å². The molecule has 0 spiro atoms. The van der Waals surface area contributed by atoms with E-state index < -0.39 is 0 Å². The molecule has 7 heteroatoms. The molecular weight excluding hydrogens is 336 g/mol. The summed E-state index contributed by atoms with van der Waals surface area (Å²) in [6.07, 6.45) is 1.48. The van der Waals surface area contributed by atoms with Crippen LogP contribution in [0.2, 0.25) is 0 Å². The predicted octanol–water partition coefficient (Wildman–Crippen LogP) is 3.37. The van der Waals surface area contributed by atoms with Gasteiger partial charge < -0.3 is 10.1 Å². The van der Waals surface area contributed by atoms with E-state index in [-0.39, 0.29) is 18.6 Å². The summed E-state index contributed by atoms with van der Waals surface area (Å²) in [5.74, 6) is 0.263. The maximum absolute atomic E-state index is 12.8. The van der Waals surface area contributed by atoms with E-state index in [4.69, 9.17) is 4.74 Å². The number of esters is 1. The number of aromatic nitrogens is 3. The first-order valence-electron chi connectivity index (χ1n) is 7.84. The number of thiophene rings is 1. The topological polar surface area (TPSA) is 69.0 Å². The quantitative estimate of drug-likeness (QED) is 0.729. The molecule has 25 heavy (non-hydrogen) atoms. The zero-order chi connectivity index (χ0) is 17.2. The Morgan fingerprint density at radius 2 is 2.16 bits per heavy atom. The summed E-state index contributed by atoms with van der Waals surface area (Å²) in [7, 11) is 0. The fraction of sp³-hybridized carbons (Fsp3) is 0.167. The number of hydrogen-bond acceptors (Lipinski definition) is 6. The summed E-state index contributed by atoms with van der Waals surface area (Å²) in [5.41, 5.74) is 3.22. The average molecular weight is 352 g/mol. The lowest BCUT2D eigenvalue weighted by Crippen LogP contribution is -2.29. The summed E-state index contributed by atoms with van der Waals surface area (Å²) in [6, 6.07) is 11.3. The molecule has 0 bridgehead atoms. The first-order chi connectivity index (χ1) is 12.2. The number of allylic oxidation sites excluding steroid dienone is 1. The van der Waals surface area contributed by atoms with Gasteiger partial charge in [0.2, 0.25) is 5.95 Å². The van der Waals surface area contributed by atoms with Crippen LogP contribution in [0, 0.1) is 0 Å². The van der Waals surface area contributed by atoms with Crippen molar-refractivity contribution in [3.8, 4) is 0 Å². The number of anilines is 1. The lowest BCUT2D eigenvalue weighted by atomic mass is 9.98. The van der Waals surface area contributed by atoms with Crippen molar-refractivity contribution in [2.45, 2.75) is 19.6 Å². The largest absolute Gasteiger partial charge is 0.457 e. The second kappa shape index (κ2) is 6.52. The van der Waals surface area contributed by atoms with E-state index in [9.17, 15) is 4.79 Å². The molecule has 4 rings (SSSR count). The van der Waals surface area contributed by atoms with Crippen LogP contribution >= 0.6 is 11.3 Å². The van der Waals surface area contributed by atoms with Gasteiger partial charge >= 0.3 is 5.97 Å². The minimum Gasteiger partial charge on any atom is -0.457 e. The van der Waals surface area contributed by atoms with Crippen LogP contribution in [0.1, 0.15) is 24.1 Å². The Labute approximate surface area is 148 Å². The molecule has 1 N–H and O–H groups in total. The lowest BCUT2D eigenvalue weighted by Gasteiger charge is -2.27. The zero-order valence-corrected chi connectivity index (χ0v) is 14.4. The fourth-order valence-electron chi connectivity index (χ4n) is 2.89. The summed E-state index contributed by atoms with van der Waals surface area (Å²) in [4.78, 5) is 17.1. The number of rotatable bonds is 4. The molecule has 1 aliphatic rings. The van der Waals surface area contributed by atoms with Crippen molar-refractivity contribution < 1.29 is 9.53 Å². The highest BCUT2D eigenvalue weighted by Gasteiger charge is 2.34. The molecule has 0 radical (unpaired) electrons. The van der Waals surface area contributed by atoms with Crippen LogP contribution in [-0.4, -0.2) is 20.7 Å². The first-order valence-corrected chi connectivity index (χ1v) is 8.79. The molecule has 1 unspecified atom stereocenters. The highest BCUT2D eigenvalue weighted by Crippen LogP contribution is 2.36. The van der Waals surface area contributed by atoms with Crippen LogP contribution < -0.4 is 5.32 Å². The molecule has 0 saturated heterocycles. The summed E-state index contributed by atoms with van der Waals surface area (Å²) in [6.45, 7) is 2.09. The van der Waals surface area contributed by atoms with Crippen LogP contribution in [0.25, 0.3) is 0 Å². The molecule has 0 amide bonds. The number of ether oxygens (including phenoxy) is 1. The van der Waals surface area contributed by atoms with Crippen molar-refractivity contribution in [1.82, 2.24) is 14.8 Å². The summed E-state index contributed by atoms with van der Waals surface area (Å²) < 4.78 is 7.28. The highest BCUT2D eigenvalue weighted by atomic mass is 32.1. The molecular formula is C18H16N4O2S. The minimum atomic E-state index is -0.355. The van der Waals surface area contributed by atoms with E-state index in [2.05, 4.69) is 15.4 Å². The number of fused-ring (bicyclic) bond motifs is 1. The van der Waals surface area contributed by atoms with Gasteiger partial charge in [0.15, 0.2) is 0 Å². The second-order valence-electron chi connectivity index (χ2n) is 5.71. The fourth-order valence-corrected chi connectivity index (χ4v) is 3.57. The number of nitrogens with zero attached hydrogens (tertiary/aromatic N) is 3. The zero-order valence-electron chi connectivity index (χ0n) is 13.5. The van der Waals surface area contributed by atoms with E-state index in [1.807, 2.05) is 54.1 Å². The van der Waals surface area contributed by atoms with Gasteiger partial charge in [-0.1, -0.05) is 30.3 Å². The molecule has 6 nitrogen and oxygen atoms in total. The summed E-state index contributed by atoms with van der Waals surface area (Å²) >= 11 is 1.58. The Hall–Kier alpha value is -2.93. The van der Waals surface area contributed by atoms with Crippen LogP contribution in [0.5, 0.6) is 0 Å². The Kier molecular flexibility index (Phi) is 4.07.